The molecule has 8 rings (SSSR count). The van der Waals surface area contributed by atoms with Gasteiger partial charge in [-0.3, -0.25) is 34.1 Å². The number of Topliss-reactive ketones (excluding diaryl/α,β-unsaturated/α-hetero) is 1. The van der Waals surface area contributed by atoms with E-state index in [0.717, 1.165) is 54.3 Å². The van der Waals surface area contributed by atoms with E-state index < -0.39 is 11.9 Å². The molecule has 2 N–H and O–H groups in total. The smallest absolute Gasteiger partial charge is 0.255 e. The van der Waals surface area contributed by atoms with Crippen LogP contribution in [0, 0.1) is 12.8 Å². The number of aryl methyl sites for hydroxylation is 1. The van der Waals surface area contributed by atoms with E-state index in [1.807, 2.05) is 38.2 Å². The number of nitrogens with zero attached hydrogens (tertiary/aromatic N) is 7. The zero-order valence-electron chi connectivity index (χ0n) is 38.7. The first-order valence-corrected chi connectivity index (χ1v) is 24.1. The van der Waals surface area contributed by atoms with Crippen LogP contribution in [-0.4, -0.2) is 119 Å². The fourth-order valence-corrected chi connectivity index (χ4v) is 10.3. The van der Waals surface area contributed by atoms with E-state index in [1.165, 1.54) is 4.90 Å². The fourth-order valence-electron chi connectivity index (χ4n) is 9.51. The Labute approximate surface area is 394 Å². The van der Waals surface area contributed by atoms with Crippen molar-refractivity contribution < 1.29 is 38.2 Å². The summed E-state index contributed by atoms with van der Waals surface area (Å²) in [6.45, 7) is 8.43. The van der Waals surface area contributed by atoms with Crippen LogP contribution in [0.25, 0.3) is 0 Å². The number of anilines is 3. The number of thiazole rings is 1. The summed E-state index contributed by atoms with van der Waals surface area (Å²) in [5.74, 6) is 1.07. The molecule has 2 aromatic carbocycles. The van der Waals surface area contributed by atoms with Crippen LogP contribution in [0.3, 0.4) is 0 Å². The van der Waals surface area contributed by atoms with E-state index in [2.05, 4.69) is 30.4 Å². The average Bonchev–Trinajstić information content (AvgIpc) is 3.90. The number of piperidine rings is 2. The van der Waals surface area contributed by atoms with Gasteiger partial charge in [-0.1, -0.05) is 25.1 Å². The highest BCUT2D eigenvalue weighted by Crippen LogP contribution is 2.37. The minimum atomic E-state index is -0.715. The van der Waals surface area contributed by atoms with Crippen LogP contribution in [0.2, 0.25) is 0 Å². The predicted molar refractivity (Wildman–Crippen MR) is 252 cm³/mol. The highest BCUT2D eigenvalue weighted by molar-refractivity contribution is 7.11. The van der Waals surface area contributed by atoms with Crippen LogP contribution in [0.1, 0.15) is 112 Å². The van der Waals surface area contributed by atoms with Gasteiger partial charge >= 0.3 is 0 Å². The van der Waals surface area contributed by atoms with Gasteiger partial charge in [0, 0.05) is 91.4 Å². The number of amides is 5. The molecule has 2 aromatic heterocycles. The summed E-state index contributed by atoms with van der Waals surface area (Å²) >= 11 is 1.61. The molecule has 2 atom stereocenters. The van der Waals surface area contributed by atoms with Crippen LogP contribution in [0.15, 0.2) is 48.8 Å². The number of nitrogens with one attached hydrogen (secondary N) is 2. The second-order valence-electron chi connectivity index (χ2n) is 17.8. The lowest BCUT2D eigenvalue weighted by molar-refractivity contribution is -0.137. The molecule has 67 heavy (non-hydrogen) atoms. The molecule has 0 saturated carbocycles. The number of rotatable bonds is 19. The number of imide groups is 1. The number of ether oxygens (including phenoxy) is 2. The average molecular weight is 934 g/mol. The van der Waals surface area contributed by atoms with Crippen molar-refractivity contribution in [3.05, 3.63) is 86.8 Å². The minimum absolute atomic E-state index is 0.0102. The van der Waals surface area contributed by atoms with Crippen molar-refractivity contribution in [2.75, 3.05) is 62.1 Å². The molecule has 4 aromatic rings. The highest BCUT2D eigenvalue weighted by atomic mass is 32.1. The molecule has 0 radical (unpaired) electrons. The summed E-state index contributed by atoms with van der Waals surface area (Å²) < 4.78 is 11.7. The standard InChI is InChI=1S/C49H59N9O8S/c1-5-38-49(64)55(3)40-27-51-43(53-46(40)57(38)28-34-26-50-30(2)67-34)25-33-13-12-32(24-42(33)65-4)41(59)23-31-16-18-56(19-17-31)20-22-66-21-7-6-11-44(60)52-37-10-8-9-35-36(37)29-58(48(35)63)39-14-15-45(61)54-47(39)62/h8-10,12-13,24,26-27,31,38-39H,5-7,11,14-23,25,28-29H2,1-4H3,(H,52,60)(H,54,61,62)/t38-,39?/m1/s1. The number of benzene rings is 2. The third kappa shape index (κ3) is 10.9. The summed E-state index contributed by atoms with van der Waals surface area (Å²) in [7, 11) is 3.38. The van der Waals surface area contributed by atoms with Crippen molar-refractivity contribution in [2.24, 2.45) is 5.92 Å². The quantitative estimate of drug-likeness (QED) is 0.0683. The third-order valence-electron chi connectivity index (χ3n) is 13.3. The Morgan fingerprint density at radius 1 is 1.00 bits per heavy atom. The summed E-state index contributed by atoms with van der Waals surface area (Å²) in [4.78, 5) is 99.6. The number of likely N-dealkylation sites (tertiary alicyclic amines) is 1. The predicted octanol–water partition coefficient (Wildman–Crippen LogP) is 5.47. The first-order valence-electron chi connectivity index (χ1n) is 23.3. The molecule has 17 nitrogen and oxygen atoms in total. The Balaban J connectivity index is 0.741. The number of aromatic nitrogens is 3. The van der Waals surface area contributed by atoms with Gasteiger partial charge in [-0.05, 0) is 82.7 Å². The molecule has 2 saturated heterocycles. The minimum Gasteiger partial charge on any atom is -0.496 e. The van der Waals surface area contributed by atoms with E-state index in [1.54, 1.807) is 54.8 Å². The number of likely N-dealkylation sites (N-methyl/N-ethyl adjacent to an activating group) is 1. The van der Waals surface area contributed by atoms with Crippen molar-refractivity contribution in [2.45, 2.75) is 103 Å². The van der Waals surface area contributed by atoms with Crippen LogP contribution >= 0.6 is 11.3 Å². The van der Waals surface area contributed by atoms with E-state index in [0.29, 0.717) is 103 Å². The number of ketones is 1. The van der Waals surface area contributed by atoms with Crippen molar-refractivity contribution in [3.63, 3.8) is 0 Å². The zero-order valence-corrected chi connectivity index (χ0v) is 39.5. The molecule has 4 aliphatic rings. The molecule has 354 valence electrons. The summed E-state index contributed by atoms with van der Waals surface area (Å²) in [5, 5.41) is 6.23. The first kappa shape index (κ1) is 47.4. The SMILES string of the molecule is CC[C@@H]1C(=O)N(C)c2cnc(Cc3ccc(C(=O)CC4CCN(CCOCCCCC(=O)Nc5cccc6c5CN(C5CCC(=O)NC5=O)C6=O)CC4)cc3OC)nc2N1Cc1cnc(C)s1. The second kappa shape index (κ2) is 21.2. The molecule has 0 bridgehead atoms. The van der Waals surface area contributed by atoms with Gasteiger partial charge in [0.2, 0.25) is 23.6 Å². The molecule has 0 spiro atoms. The Morgan fingerprint density at radius 3 is 2.57 bits per heavy atom. The zero-order chi connectivity index (χ0) is 47.2. The van der Waals surface area contributed by atoms with Gasteiger partial charge in [-0.2, -0.15) is 0 Å². The fraction of sp³-hybridized carbons (Fsp3) is 0.490. The van der Waals surface area contributed by atoms with Gasteiger partial charge in [0.15, 0.2) is 11.6 Å². The van der Waals surface area contributed by atoms with E-state index >= 15 is 0 Å². The van der Waals surface area contributed by atoms with Crippen LogP contribution in [0.5, 0.6) is 5.75 Å². The summed E-state index contributed by atoms with van der Waals surface area (Å²) in [6, 6.07) is 9.72. The normalized spacial score (nSPS) is 18.8. The lowest BCUT2D eigenvalue weighted by atomic mass is 9.89. The number of fused-ring (bicyclic) bond motifs is 2. The van der Waals surface area contributed by atoms with Gasteiger partial charge in [-0.25, -0.2) is 15.0 Å². The Bertz CT molecular complexity index is 2520. The van der Waals surface area contributed by atoms with E-state index in [9.17, 15) is 28.8 Å². The maximum absolute atomic E-state index is 13.6. The van der Waals surface area contributed by atoms with Crippen molar-refractivity contribution >= 4 is 63.8 Å². The van der Waals surface area contributed by atoms with Crippen molar-refractivity contribution in [1.29, 1.82) is 0 Å². The molecule has 18 heteroatoms. The van der Waals surface area contributed by atoms with Gasteiger partial charge in [0.05, 0.1) is 31.5 Å². The molecular formula is C49H59N9O8S. The molecule has 1 unspecified atom stereocenters. The molecule has 4 aliphatic heterocycles. The van der Waals surface area contributed by atoms with Crippen LogP contribution < -0.4 is 25.2 Å². The topological polar surface area (TPSA) is 197 Å². The van der Waals surface area contributed by atoms with E-state index in [4.69, 9.17) is 14.5 Å². The molecular weight excluding hydrogens is 875 g/mol. The Hall–Kier alpha value is -6.11. The highest BCUT2D eigenvalue weighted by Gasteiger charge is 2.40. The van der Waals surface area contributed by atoms with Gasteiger partial charge < -0.3 is 34.4 Å². The number of carbonyl (C=O) groups excluding carboxylic acids is 6. The maximum Gasteiger partial charge on any atom is 0.255 e. The third-order valence-corrected chi connectivity index (χ3v) is 14.2. The second-order valence-corrected chi connectivity index (χ2v) is 19.1. The monoisotopic (exact) mass is 933 g/mol. The summed E-state index contributed by atoms with van der Waals surface area (Å²) in [6.07, 6.45) is 9.08. The number of hydrogen-bond acceptors (Lipinski definition) is 14. The largest absolute Gasteiger partial charge is 0.496 e. The van der Waals surface area contributed by atoms with Crippen LogP contribution in [-0.2, 0) is 43.4 Å². The Kier molecular flexibility index (Phi) is 15.0. The number of unbranched alkanes of at least 4 members (excludes halogenated alkanes) is 1. The van der Waals surface area contributed by atoms with Gasteiger partial charge in [0.1, 0.15) is 29.3 Å². The van der Waals surface area contributed by atoms with Crippen molar-refractivity contribution in [3.8, 4) is 5.75 Å². The lowest BCUT2D eigenvalue weighted by Gasteiger charge is -2.40. The number of methoxy groups -OCH3 is 1. The van der Waals surface area contributed by atoms with Gasteiger partial charge in [0.25, 0.3) is 5.91 Å². The molecule has 5 amide bonds. The van der Waals surface area contributed by atoms with E-state index in [-0.39, 0.29) is 54.8 Å². The lowest BCUT2D eigenvalue weighted by Crippen LogP contribution is -2.52. The number of carbonyl (C=O) groups is 6. The molecule has 2 fully saturated rings. The first-order chi connectivity index (χ1) is 32.4. The Morgan fingerprint density at radius 2 is 1.82 bits per heavy atom. The maximum atomic E-state index is 13.6. The molecule has 6 heterocycles. The number of hydrogen-bond donors (Lipinski definition) is 2. The van der Waals surface area contributed by atoms with Crippen LogP contribution in [0.4, 0.5) is 17.2 Å². The summed E-state index contributed by atoms with van der Waals surface area (Å²) in [5.41, 5.74) is 3.85. The van der Waals surface area contributed by atoms with Crippen molar-refractivity contribution in [1.82, 2.24) is 30.1 Å². The van der Waals surface area contributed by atoms with Gasteiger partial charge in [-0.15, -0.1) is 11.3 Å². The molecule has 0 aliphatic carbocycles.